The van der Waals surface area contributed by atoms with E-state index >= 15 is 0 Å². The first-order valence-corrected chi connectivity index (χ1v) is 9.04. The Labute approximate surface area is 150 Å². The average molecular weight is 337 g/mol. The Bertz CT molecular complexity index is 661. The molecule has 25 heavy (non-hydrogen) atoms. The third kappa shape index (κ3) is 5.69. The molecule has 4 nitrogen and oxygen atoms in total. The molecule has 0 saturated carbocycles. The van der Waals surface area contributed by atoms with Crippen molar-refractivity contribution in [1.82, 2.24) is 9.80 Å². The summed E-state index contributed by atoms with van der Waals surface area (Å²) in [5, 5.41) is 2.98. The number of rotatable bonds is 6. The number of nitrogens with one attached hydrogen (secondary N) is 1. The molecule has 1 heterocycles. The summed E-state index contributed by atoms with van der Waals surface area (Å²) < 4.78 is 0. The Morgan fingerprint density at radius 3 is 2.24 bits per heavy atom. The lowest BCUT2D eigenvalue weighted by Gasteiger charge is -2.34. The van der Waals surface area contributed by atoms with Crippen LogP contribution in [0.25, 0.3) is 0 Å². The third-order valence-corrected chi connectivity index (χ3v) is 4.73. The van der Waals surface area contributed by atoms with Gasteiger partial charge in [-0.05, 0) is 31.0 Å². The molecule has 1 fully saturated rings. The molecule has 1 aliphatic rings. The number of hydrogen-bond donors (Lipinski definition) is 1. The molecule has 1 N–H and O–H groups in total. The van der Waals surface area contributed by atoms with Crippen LogP contribution in [0.5, 0.6) is 0 Å². The number of anilines is 1. The quantitative estimate of drug-likeness (QED) is 0.880. The molecular formula is C21H27N3O. The van der Waals surface area contributed by atoms with E-state index in [0.717, 1.165) is 44.8 Å². The van der Waals surface area contributed by atoms with Crippen molar-refractivity contribution in [3.05, 3.63) is 65.7 Å². The smallest absolute Gasteiger partial charge is 0.238 e. The second-order valence-electron chi connectivity index (χ2n) is 6.77. The molecule has 0 radical (unpaired) electrons. The third-order valence-electron chi connectivity index (χ3n) is 4.73. The lowest BCUT2D eigenvalue weighted by atomic mass is 10.1. The van der Waals surface area contributed by atoms with Gasteiger partial charge < -0.3 is 10.2 Å². The maximum Gasteiger partial charge on any atom is 0.238 e. The lowest BCUT2D eigenvalue weighted by Crippen LogP contribution is -2.49. The van der Waals surface area contributed by atoms with Crippen LogP contribution in [-0.4, -0.2) is 55.0 Å². The largest absolute Gasteiger partial charge is 0.325 e. The van der Waals surface area contributed by atoms with Crippen molar-refractivity contribution in [2.24, 2.45) is 0 Å². The van der Waals surface area contributed by atoms with Crippen LogP contribution in [0.2, 0.25) is 0 Å². The molecule has 0 aromatic heterocycles. The molecule has 2 aromatic carbocycles. The van der Waals surface area contributed by atoms with Gasteiger partial charge in [0.2, 0.25) is 5.91 Å². The van der Waals surface area contributed by atoms with Crippen molar-refractivity contribution >= 4 is 11.6 Å². The zero-order chi connectivity index (χ0) is 17.5. The predicted octanol–water partition coefficient (Wildman–Crippen LogP) is 2.79. The second-order valence-corrected chi connectivity index (χ2v) is 6.77. The van der Waals surface area contributed by atoms with Crippen LogP contribution in [0.3, 0.4) is 0 Å². The molecule has 4 heteroatoms. The van der Waals surface area contributed by atoms with E-state index in [0.29, 0.717) is 6.54 Å². The van der Waals surface area contributed by atoms with E-state index in [1.54, 1.807) is 0 Å². The van der Waals surface area contributed by atoms with E-state index in [2.05, 4.69) is 45.4 Å². The Balaban J connectivity index is 1.37. The predicted molar refractivity (Wildman–Crippen MR) is 103 cm³/mol. The van der Waals surface area contributed by atoms with E-state index in [9.17, 15) is 4.79 Å². The number of carbonyl (C=O) groups is 1. The SMILES string of the molecule is Cc1ccc(NC(=O)CN2CCN(CCc3ccccc3)CC2)cc1. The summed E-state index contributed by atoms with van der Waals surface area (Å²) in [5.74, 6) is 0.0709. The van der Waals surface area contributed by atoms with E-state index in [1.807, 2.05) is 31.2 Å². The summed E-state index contributed by atoms with van der Waals surface area (Å²) >= 11 is 0. The zero-order valence-corrected chi connectivity index (χ0v) is 14.9. The summed E-state index contributed by atoms with van der Waals surface area (Å²) in [4.78, 5) is 16.9. The van der Waals surface area contributed by atoms with Crippen LogP contribution in [0.4, 0.5) is 5.69 Å². The highest BCUT2D eigenvalue weighted by Crippen LogP contribution is 2.09. The molecule has 1 aliphatic heterocycles. The fraction of sp³-hybridized carbons (Fsp3) is 0.381. The monoisotopic (exact) mass is 337 g/mol. The van der Waals surface area contributed by atoms with Gasteiger partial charge in [-0.15, -0.1) is 0 Å². The van der Waals surface area contributed by atoms with Gasteiger partial charge in [0.05, 0.1) is 6.54 Å². The summed E-state index contributed by atoms with van der Waals surface area (Å²) in [6, 6.07) is 18.6. The molecule has 1 amide bonds. The van der Waals surface area contributed by atoms with Gasteiger partial charge in [-0.25, -0.2) is 0 Å². The molecule has 3 rings (SSSR count). The molecule has 0 spiro atoms. The van der Waals surface area contributed by atoms with Crippen LogP contribution in [0.15, 0.2) is 54.6 Å². The van der Waals surface area contributed by atoms with Gasteiger partial charge >= 0.3 is 0 Å². The zero-order valence-electron chi connectivity index (χ0n) is 14.9. The molecule has 0 unspecified atom stereocenters. The maximum absolute atomic E-state index is 12.2. The Morgan fingerprint density at radius 2 is 1.56 bits per heavy atom. The average Bonchev–Trinajstić information content (AvgIpc) is 2.64. The minimum atomic E-state index is 0.0709. The number of piperazine rings is 1. The Morgan fingerprint density at radius 1 is 0.920 bits per heavy atom. The highest BCUT2D eigenvalue weighted by atomic mass is 16.2. The molecule has 0 bridgehead atoms. The Kier molecular flexibility index (Phi) is 6.20. The van der Waals surface area contributed by atoms with E-state index in [-0.39, 0.29) is 5.91 Å². The number of amides is 1. The summed E-state index contributed by atoms with van der Waals surface area (Å²) in [7, 11) is 0. The number of nitrogens with zero attached hydrogens (tertiary/aromatic N) is 2. The minimum absolute atomic E-state index is 0.0709. The van der Waals surface area contributed by atoms with Crippen LogP contribution >= 0.6 is 0 Å². The lowest BCUT2D eigenvalue weighted by molar-refractivity contribution is -0.117. The van der Waals surface area contributed by atoms with Crippen LogP contribution < -0.4 is 5.32 Å². The molecule has 1 saturated heterocycles. The normalized spacial score (nSPS) is 15.9. The molecule has 0 aliphatic carbocycles. The van der Waals surface area contributed by atoms with Crippen molar-refractivity contribution in [2.75, 3.05) is 44.6 Å². The van der Waals surface area contributed by atoms with E-state index in [4.69, 9.17) is 0 Å². The van der Waals surface area contributed by atoms with Crippen molar-refractivity contribution in [1.29, 1.82) is 0 Å². The first kappa shape index (κ1) is 17.6. The van der Waals surface area contributed by atoms with Crippen molar-refractivity contribution in [3.63, 3.8) is 0 Å². The van der Waals surface area contributed by atoms with Gasteiger partial charge in [0.25, 0.3) is 0 Å². The summed E-state index contributed by atoms with van der Waals surface area (Å²) in [6.45, 7) is 7.58. The number of aryl methyl sites for hydroxylation is 1. The Hall–Kier alpha value is -2.17. The van der Waals surface area contributed by atoms with E-state index in [1.165, 1.54) is 11.1 Å². The first-order valence-electron chi connectivity index (χ1n) is 9.04. The van der Waals surface area contributed by atoms with Crippen LogP contribution in [-0.2, 0) is 11.2 Å². The fourth-order valence-corrected chi connectivity index (χ4v) is 3.14. The van der Waals surface area contributed by atoms with E-state index < -0.39 is 0 Å². The number of carbonyl (C=O) groups excluding carboxylic acids is 1. The highest BCUT2D eigenvalue weighted by Gasteiger charge is 2.18. The summed E-state index contributed by atoms with van der Waals surface area (Å²) in [5.41, 5.74) is 3.46. The van der Waals surface area contributed by atoms with Gasteiger partial charge in [-0.3, -0.25) is 9.69 Å². The summed E-state index contributed by atoms with van der Waals surface area (Å²) in [6.07, 6.45) is 1.09. The molecule has 2 aromatic rings. The standard InChI is InChI=1S/C21H27N3O/c1-18-7-9-20(10-8-18)22-21(25)17-24-15-13-23(14-16-24)12-11-19-5-3-2-4-6-19/h2-10H,11-17H2,1H3,(H,22,25). The van der Waals surface area contributed by atoms with Gasteiger partial charge in [0, 0.05) is 38.4 Å². The number of benzene rings is 2. The fourth-order valence-electron chi connectivity index (χ4n) is 3.14. The van der Waals surface area contributed by atoms with Crippen molar-refractivity contribution in [3.8, 4) is 0 Å². The van der Waals surface area contributed by atoms with Gasteiger partial charge in [0.15, 0.2) is 0 Å². The second kappa shape index (κ2) is 8.79. The van der Waals surface area contributed by atoms with Crippen molar-refractivity contribution in [2.45, 2.75) is 13.3 Å². The van der Waals surface area contributed by atoms with Crippen LogP contribution in [0, 0.1) is 6.92 Å². The number of hydrogen-bond acceptors (Lipinski definition) is 3. The molecule has 132 valence electrons. The van der Waals surface area contributed by atoms with Crippen LogP contribution in [0.1, 0.15) is 11.1 Å². The maximum atomic E-state index is 12.2. The molecule has 0 atom stereocenters. The van der Waals surface area contributed by atoms with Gasteiger partial charge in [-0.2, -0.15) is 0 Å². The van der Waals surface area contributed by atoms with Gasteiger partial charge in [-0.1, -0.05) is 48.0 Å². The van der Waals surface area contributed by atoms with Gasteiger partial charge in [0.1, 0.15) is 0 Å². The minimum Gasteiger partial charge on any atom is -0.325 e. The molecular weight excluding hydrogens is 310 g/mol. The van der Waals surface area contributed by atoms with Crippen molar-refractivity contribution < 1.29 is 4.79 Å². The highest BCUT2D eigenvalue weighted by molar-refractivity contribution is 5.92. The first-order chi connectivity index (χ1) is 12.2. The topological polar surface area (TPSA) is 35.6 Å².